The maximum Gasteiger partial charge on any atom is 0.131 e. The van der Waals surface area contributed by atoms with E-state index in [2.05, 4.69) is 4.98 Å². The van der Waals surface area contributed by atoms with Crippen molar-refractivity contribution in [3.8, 4) is 11.1 Å². The molecular weight excluding hydrogens is 249 g/mol. The van der Waals surface area contributed by atoms with Crippen molar-refractivity contribution in [2.24, 2.45) is 0 Å². The Morgan fingerprint density at radius 2 is 1.78 bits per heavy atom. The highest BCUT2D eigenvalue weighted by Gasteiger charge is 2.08. The van der Waals surface area contributed by atoms with Gasteiger partial charge in [0.05, 0.1) is 5.52 Å². The predicted molar refractivity (Wildman–Crippen MR) is 72.1 cm³/mol. The van der Waals surface area contributed by atoms with Gasteiger partial charge >= 0.3 is 0 Å². The summed E-state index contributed by atoms with van der Waals surface area (Å²) in [6.45, 7) is 0. The van der Waals surface area contributed by atoms with E-state index in [-0.39, 0.29) is 5.82 Å². The van der Waals surface area contributed by atoms with Crippen LogP contribution in [-0.4, -0.2) is 4.98 Å². The van der Waals surface area contributed by atoms with Gasteiger partial charge in [0.1, 0.15) is 5.82 Å². The topological polar surface area (TPSA) is 12.9 Å². The van der Waals surface area contributed by atoms with E-state index in [0.717, 1.165) is 16.5 Å². The van der Waals surface area contributed by atoms with Crippen LogP contribution >= 0.6 is 11.6 Å². The molecule has 0 saturated heterocycles. The Morgan fingerprint density at radius 1 is 0.944 bits per heavy atom. The third-order valence-electron chi connectivity index (χ3n) is 2.87. The summed E-state index contributed by atoms with van der Waals surface area (Å²) >= 11 is 6.00. The third-order valence-corrected chi connectivity index (χ3v) is 3.10. The average molecular weight is 258 g/mol. The second kappa shape index (κ2) is 4.39. The molecule has 2 aromatic carbocycles. The van der Waals surface area contributed by atoms with Crippen molar-refractivity contribution in [1.82, 2.24) is 4.98 Å². The Kier molecular flexibility index (Phi) is 2.73. The van der Waals surface area contributed by atoms with Gasteiger partial charge in [-0.15, -0.1) is 0 Å². The Balaban J connectivity index is 2.36. The molecule has 1 aromatic heterocycles. The van der Waals surface area contributed by atoms with Gasteiger partial charge < -0.3 is 0 Å². The zero-order valence-corrected chi connectivity index (χ0v) is 10.2. The van der Waals surface area contributed by atoms with E-state index < -0.39 is 0 Å². The number of pyridine rings is 1. The summed E-state index contributed by atoms with van der Waals surface area (Å²) in [5.41, 5.74) is 2.17. The molecule has 1 heterocycles. The summed E-state index contributed by atoms with van der Waals surface area (Å²) in [6.07, 6.45) is 1.68. The molecule has 0 amide bonds. The van der Waals surface area contributed by atoms with Gasteiger partial charge in [-0.05, 0) is 35.9 Å². The van der Waals surface area contributed by atoms with Crippen LogP contribution in [-0.2, 0) is 0 Å². The zero-order valence-electron chi connectivity index (χ0n) is 9.40. The molecule has 1 nitrogen and oxygen atoms in total. The van der Waals surface area contributed by atoms with E-state index in [9.17, 15) is 4.39 Å². The van der Waals surface area contributed by atoms with E-state index >= 15 is 0 Å². The zero-order chi connectivity index (χ0) is 12.5. The van der Waals surface area contributed by atoms with Crippen LogP contribution in [0.4, 0.5) is 4.39 Å². The maximum atomic E-state index is 13.9. The first kappa shape index (κ1) is 11.2. The summed E-state index contributed by atoms with van der Waals surface area (Å²) in [5, 5.41) is 1.48. The summed E-state index contributed by atoms with van der Waals surface area (Å²) < 4.78 is 13.9. The van der Waals surface area contributed by atoms with Crippen LogP contribution in [0.15, 0.2) is 54.7 Å². The van der Waals surface area contributed by atoms with Crippen LogP contribution in [0.3, 0.4) is 0 Å². The van der Waals surface area contributed by atoms with Gasteiger partial charge in [-0.1, -0.05) is 29.8 Å². The molecule has 0 saturated carbocycles. The maximum absolute atomic E-state index is 13.9. The fourth-order valence-corrected chi connectivity index (χ4v) is 2.21. The summed E-state index contributed by atoms with van der Waals surface area (Å²) in [7, 11) is 0. The Bertz CT molecular complexity index is 725. The van der Waals surface area contributed by atoms with Crippen LogP contribution in [0, 0.1) is 5.82 Å². The second-order valence-corrected chi connectivity index (χ2v) is 4.44. The van der Waals surface area contributed by atoms with Gasteiger partial charge in [0.15, 0.2) is 0 Å². The SMILES string of the molecule is Fc1ccccc1-c1ccnc2ccc(Cl)cc12. The normalized spacial score (nSPS) is 10.8. The fourth-order valence-electron chi connectivity index (χ4n) is 2.03. The first-order valence-corrected chi connectivity index (χ1v) is 5.93. The number of hydrogen-bond donors (Lipinski definition) is 0. The van der Waals surface area contributed by atoms with Gasteiger partial charge in [-0.25, -0.2) is 4.39 Å². The minimum atomic E-state index is -0.245. The van der Waals surface area contributed by atoms with E-state index in [1.165, 1.54) is 6.07 Å². The van der Waals surface area contributed by atoms with Gasteiger partial charge in [-0.3, -0.25) is 4.98 Å². The molecule has 0 aliphatic heterocycles. The van der Waals surface area contributed by atoms with Crippen molar-refractivity contribution in [1.29, 1.82) is 0 Å². The van der Waals surface area contributed by atoms with Gasteiger partial charge in [0.25, 0.3) is 0 Å². The number of fused-ring (bicyclic) bond motifs is 1. The lowest BCUT2D eigenvalue weighted by atomic mass is 10.0. The van der Waals surface area contributed by atoms with Crippen molar-refractivity contribution < 1.29 is 4.39 Å². The third kappa shape index (κ3) is 1.85. The fraction of sp³-hybridized carbons (Fsp3) is 0. The van der Waals surface area contributed by atoms with Gasteiger partial charge in [-0.2, -0.15) is 0 Å². The molecule has 0 bridgehead atoms. The smallest absolute Gasteiger partial charge is 0.131 e. The van der Waals surface area contributed by atoms with Crippen molar-refractivity contribution in [3.63, 3.8) is 0 Å². The average Bonchev–Trinajstić information content (AvgIpc) is 2.39. The molecule has 0 N–H and O–H groups in total. The minimum Gasteiger partial charge on any atom is -0.256 e. The standard InChI is InChI=1S/C15H9ClFN/c16-10-5-6-15-13(9-10)11(7-8-18-15)12-3-1-2-4-14(12)17/h1-9H. The van der Waals surface area contributed by atoms with E-state index in [1.807, 2.05) is 18.2 Å². The molecule has 0 spiro atoms. The molecule has 3 heteroatoms. The lowest BCUT2D eigenvalue weighted by Gasteiger charge is -2.07. The molecular formula is C15H9ClFN. The lowest BCUT2D eigenvalue weighted by molar-refractivity contribution is 0.631. The summed E-state index contributed by atoms with van der Waals surface area (Å²) in [5.74, 6) is -0.245. The quantitative estimate of drug-likeness (QED) is 0.616. The van der Waals surface area contributed by atoms with Crippen molar-refractivity contribution in [3.05, 3.63) is 65.6 Å². The van der Waals surface area contributed by atoms with Crippen LogP contribution in [0.2, 0.25) is 5.02 Å². The predicted octanol–water partition coefficient (Wildman–Crippen LogP) is 4.69. The number of aromatic nitrogens is 1. The van der Waals surface area contributed by atoms with Crippen LogP contribution in [0.25, 0.3) is 22.0 Å². The Labute approximate surface area is 109 Å². The van der Waals surface area contributed by atoms with Crippen LogP contribution < -0.4 is 0 Å². The first-order chi connectivity index (χ1) is 8.75. The molecule has 88 valence electrons. The molecule has 0 atom stereocenters. The summed E-state index contributed by atoms with van der Waals surface area (Å²) in [4.78, 5) is 4.26. The van der Waals surface area contributed by atoms with Gasteiger partial charge in [0, 0.05) is 22.2 Å². The van der Waals surface area contributed by atoms with E-state index in [1.54, 1.807) is 30.5 Å². The van der Waals surface area contributed by atoms with Crippen molar-refractivity contribution >= 4 is 22.5 Å². The Morgan fingerprint density at radius 3 is 2.61 bits per heavy atom. The molecule has 0 aliphatic rings. The highest BCUT2D eigenvalue weighted by Crippen LogP contribution is 2.30. The largest absolute Gasteiger partial charge is 0.256 e. The number of benzene rings is 2. The highest BCUT2D eigenvalue weighted by molar-refractivity contribution is 6.31. The van der Waals surface area contributed by atoms with Gasteiger partial charge in [0.2, 0.25) is 0 Å². The van der Waals surface area contributed by atoms with Crippen LogP contribution in [0.1, 0.15) is 0 Å². The van der Waals surface area contributed by atoms with E-state index in [0.29, 0.717) is 10.6 Å². The second-order valence-electron chi connectivity index (χ2n) is 4.00. The molecule has 0 radical (unpaired) electrons. The molecule has 0 fully saturated rings. The lowest BCUT2D eigenvalue weighted by Crippen LogP contribution is -1.87. The number of rotatable bonds is 1. The highest BCUT2D eigenvalue weighted by atomic mass is 35.5. The number of nitrogens with zero attached hydrogens (tertiary/aromatic N) is 1. The molecule has 3 aromatic rings. The van der Waals surface area contributed by atoms with Crippen LogP contribution in [0.5, 0.6) is 0 Å². The molecule has 3 rings (SSSR count). The molecule has 0 unspecified atom stereocenters. The minimum absolute atomic E-state index is 0.245. The molecule has 18 heavy (non-hydrogen) atoms. The monoisotopic (exact) mass is 257 g/mol. The number of hydrogen-bond acceptors (Lipinski definition) is 1. The Hall–Kier alpha value is -1.93. The van der Waals surface area contributed by atoms with Crippen molar-refractivity contribution in [2.45, 2.75) is 0 Å². The van der Waals surface area contributed by atoms with E-state index in [4.69, 9.17) is 11.6 Å². The number of halogens is 2. The first-order valence-electron chi connectivity index (χ1n) is 5.55. The molecule has 0 aliphatic carbocycles. The summed E-state index contributed by atoms with van der Waals surface area (Å²) in [6, 6.07) is 13.9. The van der Waals surface area contributed by atoms with Crippen molar-refractivity contribution in [2.75, 3.05) is 0 Å².